The third-order valence-electron chi connectivity index (χ3n) is 1.85. The molecule has 2 N–H and O–H groups in total. The van der Waals surface area contributed by atoms with Gasteiger partial charge in [0.05, 0.1) is 17.6 Å². The maximum absolute atomic E-state index is 5.75. The molecule has 0 aliphatic heterocycles. The van der Waals surface area contributed by atoms with Gasteiger partial charge in [0.15, 0.2) is 0 Å². The molecule has 5 heteroatoms. The van der Waals surface area contributed by atoms with E-state index in [-0.39, 0.29) is 6.04 Å². The molecule has 15 heavy (non-hydrogen) atoms. The molecule has 80 valence electrons. The molecule has 0 aliphatic carbocycles. The number of nitrogen functional groups attached to an aromatic ring is 1. The molecule has 0 amide bonds. The molecule has 0 radical (unpaired) electrons. The number of azo groups is 1. The Hall–Kier alpha value is -1.78. The van der Waals surface area contributed by atoms with Crippen LogP contribution < -0.4 is 5.73 Å². The van der Waals surface area contributed by atoms with Gasteiger partial charge < -0.3 is 5.73 Å². The van der Waals surface area contributed by atoms with E-state index < -0.39 is 0 Å². The van der Waals surface area contributed by atoms with Crippen LogP contribution in [0.3, 0.4) is 0 Å². The van der Waals surface area contributed by atoms with Crippen LogP contribution in [-0.4, -0.2) is 24.3 Å². The molecule has 0 spiro atoms. The number of rotatable bonds is 3. The number of aromatic nitrogens is 1. The molecule has 1 aromatic heterocycles. The maximum atomic E-state index is 5.75. The lowest BCUT2D eigenvalue weighted by molar-refractivity contribution is 0.886. The molecule has 0 fully saturated rings. The van der Waals surface area contributed by atoms with E-state index in [2.05, 4.69) is 20.2 Å². The fourth-order valence-corrected chi connectivity index (χ4v) is 1.15. The largest absolute Gasteiger partial charge is 0.396 e. The standard InChI is InChI=1S/C10H15N5/c1-7-4-13-6-9(11)10(7)14-5-8(2)15-12-3/h4-6,8H,11H2,1-3H3. The zero-order valence-electron chi connectivity index (χ0n) is 9.18. The van der Waals surface area contributed by atoms with Crippen LogP contribution in [0.15, 0.2) is 27.6 Å². The molecular formula is C10H15N5. The summed E-state index contributed by atoms with van der Waals surface area (Å²) >= 11 is 0. The van der Waals surface area contributed by atoms with Crippen molar-refractivity contribution in [2.75, 3.05) is 12.8 Å². The van der Waals surface area contributed by atoms with Crippen molar-refractivity contribution in [2.24, 2.45) is 15.2 Å². The van der Waals surface area contributed by atoms with Crippen molar-refractivity contribution in [1.29, 1.82) is 0 Å². The number of aryl methyl sites for hydroxylation is 1. The molecule has 0 bridgehead atoms. The molecule has 1 aromatic rings. The first-order chi connectivity index (χ1) is 7.15. The molecule has 1 heterocycles. The van der Waals surface area contributed by atoms with Crippen molar-refractivity contribution in [3.8, 4) is 0 Å². The molecule has 0 aliphatic rings. The average Bonchev–Trinajstić information content (AvgIpc) is 2.17. The Morgan fingerprint density at radius 2 is 2.20 bits per heavy atom. The summed E-state index contributed by atoms with van der Waals surface area (Å²) in [6, 6.07) is -0.0398. The van der Waals surface area contributed by atoms with E-state index in [0.29, 0.717) is 5.69 Å². The maximum Gasteiger partial charge on any atom is 0.103 e. The Kier molecular flexibility index (Phi) is 3.91. The summed E-state index contributed by atoms with van der Waals surface area (Å²) in [4.78, 5) is 8.25. The lowest BCUT2D eigenvalue weighted by Gasteiger charge is -2.03. The van der Waals surface area contributed by atoms with E-state index in [1.807, 2.05) is 13.8 Å². The molecule has 0 saturated carbocycles. The minimum atomic E-state index is -0.0398. The molecule has 1 unspecified atom stereocenters. The van der Waals surface area contributed by atoms with Gasteiger partial charge in [0.1, 0.15) is 6.04 Å². The van der Waals surface area contributed by atoms with E-state index in [0.717, 1.165) is 11.3 Å². The van der Waals surface area contributed by atoms with E-state index in [9.17, 15) is 0 Å². The van der Waals surface area contributed by atoms with Crippen molar-refractivity contribution in [1.82, 2.24) is 4.98 Å². The van der Waals surface area contributed by atoms with E-state index in [1.165, 1.54) is 0 Å². The van der Waals surface area contributed by atoms with Crippen LogP contribution in [0.2, 0.25) is 0 Å². The van der Waals surface area contributed by atoms with Gasteiger partial charge in [0.25, 0.3) is 0 Å². The van der Waals surface area contributed by atoms with E-state index in [4.69, 9.17) is 5.73 Å². The summed E-state index contributed by atoms with van der Waals surface area (Å²) in [6.45, 7) is 3.82. The lowest BCUT2D eigenvalue weighted by atomic mass is 10.2. The Labute approximate surface area is 89.2 Å². The number of pyridine rings is 1. The Morgan fingerprint density at radius 3 is 2.80 bits per heavy atom. The highest BCUT2D eigenvalue weighted by Crippen LogP contribution is 2.24. The van der Waals surface area contributed by atoms with Crippen molar-refractivity contribution in [3.05, 3.63) is 18.0 Å². The van der Waals surface area contributed by atoms with Crippen LogP contribution >= 0.6 is 0 Å². The van der Waals surface area contributed by atoms with Crippen molar-refractivity contribution < 1.29 is 0 Å². The second-order valence-electron chi connectivity index (χ2n) is 3.23. The molecule has 0 saturated heterocycles. The van der Waals surface area contributed by atoms with Crippen LogP contribution in [0.4, 0.5) is 11.4 Å². The highest BCUT2D eigenvalue weighted by atomic mass is 15.1. The third kappa shape index (κ3) is 3.12. The fourth-order valence-electron chi connectivity index (χ4n) is 1.15. The normalized spacial score (nSPS) is 13.8. The molecule has 5 nitrogen and oxygen atoms in total. The highest BCUT2D eigenvalue weighted by molar-refractivity contribution is 5.74. The minimum Gasteiger partial charge on any atom is -0.396 e. The fraction of sp³-hybridized carbons (Fsp3) is 0.400. The van der Waals surface area contributed by atoms with Gasteiger partial charge in [-0.1, -0.05) is 0 Å². The van der Waals surface area contributed by atoms with Crippen LogP contribution in [-0.2, 0) is 0 Å². The highest BCUT2D eigenvalue weighted by Gasteiger charge is 2.01. The second-order valence-corrected chi connectivity index (χ2v) is 3.23. The van der Waals surface area contributed by atoms with Gasteiger partial charge in [0, 0.05) is 19.5 Å². The lowest BCUT2D eigenvalue weighted by Crippen LogP contribution is -1.98. The summed E-state index contributed by atoms with van der Waals surface area (Å²) in [5, 5.41) is 7.60. The van der Waals surface area contributed by atoms with Gasteiger partial charge >= 0.3 is 0 Å². The SMILES string of the molecule is CN=NC(C)C=Nc1c(C)cncc1N. The average molecular weight is 205 g/mol. The monoisotopic (exact) mass is 205 g/mol. The summed E-state index contributed by atoms with van der Waals surface area (Å²) in [5.74, 6) is 0. The summed E-state index contributed by atoms with van der Waals surface area (Å²) in [5.41, 5.74) is 8.03. The Morgan fingerprint density at radius 1 is 1.47 bits per heavy atom. The summed E-state index contributed by atoms with van der Waals surface area (Å²) in [7, 11) is 1.64. The first kappa shape index (κ1) is 11.3. The van der Waals surface area contributed by atoms with Gasteiger partial charge in [-0.15, -0.1) is 0 Å². The number of nitrogens with two attached hydrogens (primary N) is 1. The summed E-state index contributed by atoms with van der Waals surface area (Å²) in [6.07, 6.45) is 5.03. The van der Waals surface area contributed by atoms with Crippen molar-refractivity contribution >= 4 is 17.6 Å². The van der Waals surface area contributed by atoms with Crippen LogP contribution in [0.1, 0.15) is 12.5 Å². The van der Waals surface area contributed by atoms with E-state index in [1.54, 1.807) is 25.7 Å². The van der Waals surface area contributed by atoms with Crippen molar-refractivity contribution in [3.63, 3.8) is 0 Å². The quantitative estimate of drug-likeness (QED) is 0.606. The smallest absolute Gasteiger partial charge is 0.103 e. The van der Waals surface area contributed by atoms with Gasteiger partial charge in [-0.2, -0.15) is 10.2 Å². The second kappa shape index (κ2) is 5.19. The topological polar surface area (TPSA) is 76.0 Å². The zero-order valence-corrected chi connectivity index (χ0v) is 9.18. The van der Waals surface area contributed by atoms with Crippen LogP contribution in [0.25, 0.3) is 0 Å². The number of hydrogen-bond acceptors (Lipinski definition) is 5. The van der Waals surface area contributed by atoms with Gasteiger partial charge in [-0.3, -0.25) is 9.98 Å². The number of anilines is 1. The molecule has 0 aromatic carbocycles. The predicted octanol–water partition coefficient (Wildman–Crippen LogP) is 2.15. The summed E-state index contributed by atoms with van der Waals surface area (Å²) < 4.78 is 0. The van der Waals surface area contributed by atoms with E-state index >= 15 is 0 Å². The number of nitrogens with zero attached hydrogens (tertiary/aromatic N) is 4. The first-order valence-corrected chi connectivity index (χ1v) is 4.68. The number of hydrogen-bond donors (Lipinski definition) is 1. The van der Waals surface area contributed by atoms with Gasteiger partial charge in [-0.05, 0) is 19.4 Å². The molecule has 1 atom stereocenters. The van der Waals surface area contributed by atoms with Gasteiger partial charge in [-0.25, -0.2) is 0 Å². The van der Waals surface area contributed by atoms with Crippen molar-refractivity contribution in [2.45, 2.75) is 19.9 Å². The third-order valence-corrected chi connectivity index (χ3v) is 1.85. The van der Waals surface area contributed by atoms with Crippen LogP contribution in [0.5, 0.6) is 0 Å². The molecular weight excluding hydrogens is 190 g/mol. The predicted molar refractivity (Wildman–Crippen MR) is 61.8 cm³/mol. The molecule has 1 rings (SSSR count). The van der Waals surface area contributed by atoms with Crippen LogP contribution in [0, 0.1) is 6.92 Å². The Bertz CT molecular complexity index is 363. The first-order valence-electron chi connectivity index (χ1n) is 4.68. The number of aliphatic imine (C=N–C) groups is 1. The minimum absolute atomic E-state index is 0.0398. The van der Waals surface area contributed by atoms with Gasteiger partial charge in [0.2, 0.25) is 0 Å². The zero-order chi connectivity index (χ0) is 11.3. The Balaban J connectivity index is 2.89.